The lowest BCUT2D eigenvalue weighted by atomic mass is 10.1. The van der Waals surface area contributed by atoms with Crippen molar-refractivity contribution in [2.45, 2.75) is 32.9 Å². The third-order valence-electron chi connectivity index (χ3n) is 4.72. The van der Waals surface area contributed by atoms with E-state index in [-0.39, 0.29) is 12.5 Å². The first kappa shape index (κ1) is 18.7. The van der Waals surface area contributed by atoms with Crippen molar-refractivity contribution in [1.29, 1.82) is 0 Å². The van der Waals surface area contributed by atoms with Crippen LogP contribution in [0.25, 0.3) is 0 Å². The summed E-state index contributed by atoms with van der Waals surface area (Å²) in [5.41, 5.74) is 3.49. The van der Waals surface area contributed by atoms with Gasteiger partial charge >= 0.3 is 0 Å². The summed E-state index contributed by atoms with van der Waals surface area (Å²) in [5.74, 6) is 0.378. The Morgan fingerprint density at radius 1 is 1.12 bits per heavy atom. The first-order valence-electron chi connectivity index (χ1n) is 9.17. The second kappa shape index (κ2) is 9.06. The summed E-state index contributed by atoms with van der Waals surface area (Å²) in [6.45, 7) is 6.07. The molecule has 1 fully saturated rings. The largest absolute Gasteiger partial charge is 0.482 e. The maximum absolute atomic E-state index is 12.0. The first-order valence-corrected chi connectivity index (χ1v) is 9.55. The van der Waals surface area contributed by atoms with E-state index in [9.17, 15) is 4.79 Å². The highest BCUT2D eigenvalue weighted by molar-refractivity contribution is 6.32. The van der Waals surface area contributed by atoms with Crippen LogP contribution in [0.4, 0.5) is 0 Å². The number of rotatable bonds is 7. The van der Waals surface area contributed by atoms with Gasteiger partial charge in [0.05, 0.1) is 18.1 Å². The topological polar surface area (TPSA) is 42.8 Å². The van der Waals surface area contributed by atoms with Crippen molar-refractivity contribution in [3.05, 3.63) is 64.2 Å². The average Bonchev–Trinajstić information content (AvgIpc) is 3.15. The van der Waals surface area contributed by atoms with E-state index in [1.54, 1.807) is 11.0 Å². The van der Waals surface area contributed by atoms with Gasteiger partial charge in [-0.2, -0.15) is 0 Å². The fourth-order valence-electron chi connectivity index (χ4n) is 3.23. The minimum Gasteiger partial charge on any atom is -0.482 e. The van der Waals surface area contributed by atoms with Crippen LogP contribution in [0.15, 0.2) is 42.5 Å². The number of hydrogen-bond acceptors (Lipinski definition) is 2. The summed E-state index contributed by atoms with van der Waals surface area (Å²) in [7, 11) is 0. The fraction of sp³-hybridized carbons (Fsp3) is 0.381. The van der Waals surface area contributed by atoms with Crippen LogP contribution < -0.4 is 15.0 Å². The standard InChI is InChI=1S/C21H25ClN2O2/c1-16-4-9-19(22)20(12-16)26-15-21(25)23-13-17-5-7-18(8-6-17)14-24-10-2-3-11-24/h4-9,12H,2-3,10-11,13-15H2,1H3,(H,23,25)/p+1. The van der Waals surface area contributed by atoms with Gasteiger partial charge < -0.3 is 15.0 Å². The zero-order valence-electron chi connectivity index (χ0n) is 15.2. The Morgan fingerprint density at radius 3 is 2.54 bits per heavy atom. The highest BCUT2D eigenvalue weighted by Crippen LogP contribution is 2.25. The molecule has 1 aliphatic heterocycles. The maximum Gasteiger partial charge on any atom is 0.258 e. The van der Waals surface area contributed by atoms with Gasteiger partial charge in [0.15, 0.2) is 6.61 Å². The Hall–Kier alpha value is -2.04. The van der Waals surface area contributed by atoms with E-state index in [1.807, 2.05) is 19.1 Å². The van der Waals surface area contributed by atoms with Crippen LogP contribution in [0.3, 0.4) is 0 Å². The van der Waals surface area contributed by atoms with Gasteiger partial charge in [0.25, 0.3) is 5.91 Å². The molecule has 1 heterocycles. The molecule has 0 saturated carbocycles. The van der Waals surface area contributed by atoms with E-state index in [4.69, 9.17) is 16.3 Å². The number of halogens is 1. The molecule has 0 radical (unpaired) electrons. The van der Waals surface area contributed by atoms with E-state index in [0.717, 1.165) is 17.7 Å². The van der Waals surface area contributed by atoms with Crippen LogP contribution in [-0.2, 0) is 17.9 Å². The van der Waals surface area contributed by atoms with Gasteiger partial charge in [-0.3, -0.25) is 4.79 Å². The van der Waals surface area contributed by atoms with E-state index in [2.05, 4.69) is 29.6 Å². The molecule has 0 atom stereocenters. The lowest BCUT2D eigenvalue weighted by molar-refractivity contribution is -0.901. The van der Waals surface area contributed by atoms with Crippen molar-refractivity contribution in [2.24, 2.45) is 0 Å². The van der Waals surface area contributed by atoms with Crippen molar-refractivity contribution >= 4 is 17.5 Å². The second-order valence-electron chi connectivity index (χ2n) is 6.95. The van der Waals surface area contributed by atoms with Crippen LogP contribution in [0.2, 0.25) is 5.02 Å². The maximum atomic E-state index is 12.0. The second-order valence-corrected chi connectivity index (χ2v) is 7.36. The molecule has 2 N–H and O–H groups in total. The van der Waals surface area contributed by atoms with Gasteiger partial charge in [0, 0.05) is 24.9 Å². The lowest BCUT2D eigenvalue weighted by Gasteiger charge is -2.12. The number of benzene rings is 2. The number of hydrogen-bond donors (Lipinski definition) is 2. The Balaban J connectivity index is 1.43. The van der Waals surface area contributed by atoms with Crippen molar-refractivity contribution in [3.8, 4) is 5.75 Å². The number of quaternary nitrogens is 1. The Morgan fingerprint density at radius 2 is 1.81 bits per heavy atom. The van der Waals surface area contributed by atoms with Crippen LogP contribution in [0.5, 0.6) is 5.75 Å². The molecule has 0 aromatic heterocycles. The molecule has 0 aliphatic carbocycles. The molecule has 5 heteroatoms. The van der Waals surface area contributed by atoms with Crippen LogP contribution in [0, 0.1) is 6.92 Å². The Labute approximate surface area is 160 Å². The molecular weight excluding hydrogens is 348 g/mol. The third kappa shape index (κ3) is 5.48. The normalized spacial score (nSPS) is 14.4. The number of amides is 1. The van der Waals surface area contributed by atoms with E-state index >= 15 is 0 Å². The number of ether oxygens (including phenoxy) is 1. The van der Waals surface area contributed by atoms with Gasteiger partial charge in [0.1, 0.15) is 12.3 Å². The number of aryl methyl sites for hydroxylation is 1. The quantitative estimate of drug-likeness (QED) is 0.783. The molecule has 0 bridgehead atoms. The molecule has 0 unspecified atom stereocenters. The lowest BCUT2D eigenvalue weighted by Crippen LogP contribution is -3.08. The highest BCUT2D eigenvalue weighted by atomic mass is 35.5. The molecule has 1 amide bonds. The molecule has 1 saturated heterocycles. The number of carbonyl (C=O) groups is 1. The summed E-state index contributed by atoms with van der Waals surface area (Å²) in [5, 5.41) is 3.40. The van der Waals surface area contributed by atoms with Crippen LogP contribution >= 0.6 is 11.6 Å². The summed E-state index contributed by atoms with van der Waals surface area (Å²) in [4.78, 5) is 13.7. The molecule has 4 nitrogen and oxygen atoms in total. The minimum absolute atomic E-state index is 0.0421. The number of carbonyl (C=O) groups excluding carboxylic acids is 1. The average molecular weight is 374 g/mol. The Kier molecular flexibility index (Phi) is 6.53. The molecule has 3 rings (SSSR count). The minimum atomic E-state index is -0.159. The van der Waals surface area contributed by atoms with E-state index in [1.165, 1.54) is 31.5 Å². The molecule has 2 aromatic rings. The van der Waals surface area contributed by atoms with Crippen molar-refractivity contribution in [1.82, 2.24) is 5.32 Å². The van der Waals surface area contributed by atoms with Gasteiger partial charge in [0.2, 0.25) is 0 Å². The zero-order chi connectivity index (χ0) is 18.4. The molecular formula is C21H26ClN2O2+. The van der Waals surface area contributed by atoms with Gasteiger partial charge in [-0.15, -0.1) is 0 Å². The van der Waals surface area contributed by atoms with Crippen molar-refractivity contribution in [3.63, 3.8) is 0 Å². The van der Waals surface area contributed by atoms with Gasteiger partial charge in [-0.25, -0.2) is 0 Å². The van der Waals surface area contributed by atoms with Gasteiger partial charge in [-0.1, -0.05) is 41.9 Å². The summed E-state index contributed by atoms with van der Waals surface area (Å²) in [6, 6.07) is 14.0. The predicted molar refractivity (Wildman–Crippen MR) is 104 cm³/mol. The monoisotopic (exact) mass is 373 g/mol. The SMILES string of the molecule is Cc1ccc(Cl)c(OCC(=O)NCc2ccc(C[NH+]3CCCC3)cc2)c1. The molecule has 138 valence electrons. The third-order valence-corrected chi connectivity index (χ3v) is 5.04. The first-order chi connectivity index (χ1) is 12.6. The van der Waals surface area contributed by atoms with Crippen molar-refractivity contribution in [2.75, 3.05) is 19.7 Å². The predicted octanol–water partition coefficient (Wildman–Crippen LogP) is 2.52. The summed E-state index contributed by atoms with van der Waals surface area (Å²) < 4.78 is 5.51. The fourth-order valence-corrected chi connectivity index (χ4v) is 3.40. The summed E-state index contributed by atoms with van der Waals surface area (Å²) >= 11 is 6.07. The molecule has 0 spiro atoms. The molecule has 26 heavy (non-hydrogen) atoms. The number of nitrogens with one attached hydrogen (secondary N) is 2. The molecule has 2 aromatic carbocycles. The Bertz CT molecular complexity index is 740. The van der Waals surface area contributed by atoms with E-state index < -0.39 is 0 Å². The van der Waals surface area contributed by atoms with Gasteiger partial charge in [-0.05, 0) is 30.2 Å². The highest BCUT2D eigenvalue weighted by Gasteiger charge is 2.15. The number of likely N-dealkylation sites (tertiary alicyclic amines) is 1. The van der Waals surface area contributed by atoms with E-state index in [0.29, 0.717) is 17.3 Å². The molecule has 1 aliphatic rings. The smallest absolute Gasteiger partial charge is 0.258 e. The van der Waals surface area contributed by atoms with Crippen molar-refractivity contribution < 1.29 is 14.4 Å². The van der Waals surface area contributed by atoms with Crippen LogP contribution in [0.1, 0.15) is 29.5 Å². The summed E-state index contributed by atoms with van der Waals surface area (Å²) in [6.07, 6.45) is 2.69. The zero-order valence-corrected chi connectivity index (χ0v) is 15.9. The van der Waals surface area contributed by atoms with Crippen LogP contribution in [-0.4, -0.2) is 25.6 Å².